The van der Waals surface area contributed by atoms with E-state index in [4.69, 9.17) is 19.3 Å². The van der Waals surface area contributed by atoms with E-state index in [0.717, 1.165) is 0 Å². The summed E-state index contributed by atoms with van der Waals surface area (Å²) in [6.45, 7) is 16.3. The Morgan fingerprint density at radius 3 is 1.96 bits per heavy atom. The number of carbonyl (C=O) groups excluding carboxylic acids is 1. The minimum absolute atomic E-state index is 0.102. The largest absolute Gasteiger partial charge is 0.469 e. The Hall–Kier alpha value is -0.720. The molecule has 0 aromatic rings. The van der Waals surface area contributed by atoms with Crippen molar-refractivity contribution in [3.8, 4) is 0 Å². The van der Waals surface area contributed by atoms with E-state index in [9.17, 15) is 9.36 Å². The Balaban J connectivity index is 4.64. The molecule has 2 unspecified atom stereocenters. The fourth-order valence-electron chi connectivity index (χ4n) is 1.52. The molecule has 0 aliphatic carbocycles. The average Bonchev–Trinajstić information content (AvgIpc) is 2.40. The first-order chi connectivity index (χ1) is 10.6. The maximum Gasteiger partial charge on any atom is 0.469 e. The summed E-state index contributed by atoms with van der Waals surface area (Å²) in [4.78, 5) is 29.3. The maximum atomic E-state index is 11.7. The predicted molar refractivity (Wildman–Crippen MR) is 91.3 cm³/mol. The smallest absolute Gasteiger partial charge is 0.456 e. The molecule has 142 valence electrons. The zero-order chi connectivity index (χ0) is 19.3. The molecule has 0 aromatic carbocycles. The molecule has 0 fully saturated rings. The minimum atomic E-state index is -4.50. The van der Waals surface area contributed by atoms with Crippen molar-refractivity contribution in [2.45, 2.75) is 59.7 Å². The lowest BCUT2D eigenvalue weighted by atomic mass is 9.91. The standard InChI is InChI=1S/C16H31O7P/c1-11(2)14(17)23-16(7,8)12(3)9-21-15(5,6)13(4)10-22-24(18,19)20/h12-13H,1,9-10H2,2-8H3,(H2,18,19,20). The van der Waals surface area contributed by atoms with Crippen LogP contribution in [0.15, 0.2) is 12.2 Å². The number of phosphoric ester groups is 1. The number of hydrogen-bond acceptors (Lipinski definition) is 5. The Labute approximate surface area is 144 Å². The normalized spacial score (nSPS) is 15.7. The highest BCUT2D eigenvalue weighted by Gasteiger charge is 2.34. The van der Waals surface area contributed by atoms with E-state index in [2.05, 4.69) is 11.1 Å². The number of esters is 1. The number of hydrogen-bond donors (Lipinski definition) is 2. The average molecular weight is 366 g/mol. The third-order valence-corrected chi connectivity index (χ3v) is 4.76. The molecule has 0 bridgehead atoms. The van der Waals surface area contributed by atoms with Crippen molar-refractivity contribution >= 4 is 13.8 Å². The van der Waals surface area contributed by atoms with Gasteiger partial charge in [-0.15, -0.1) is 0 Å². The van der Waals surface area contributed by atoms with Crippen LogP contribution in [-0.2, 0) is 23.4 Å². The lowest BCUT2D eigenvalue weighted by Crippen LogP contribution is -2.42. The van der Waals surface area contributed by atoms with Crippen LogP contribution >= 0.6 is 7.82 Å². The Morgan fingerprint density at radius 2 is 1.54 bits per heavy atom. The molecule has 7 nitrogen and oxygen atoms in total. The Bertz CT molecular complexity index is 493. The molecule has 2 atom stereocenters. The third-order valence-electron chi connectivity index (χ3n) is 4.28. The lowest BCUT2D eigenvalue weighted by molar-refractivity contribution is -0.162. The summed E-state index contributed by atoms with van der Waals surface area (Å²) in [5.74, 6) is -0.803. The minimum Gasteiger partial charge on any atom is -0.456 e. The van der Waals surface area contributed by atoms with E-state index >= 15 is 0 Å². The van der Waals surface area contributed by atoms with Gasteiger partial charge >= 0.3 is 13.8 Å². The molecule has 2 N–H and O–H groups in total. The summed E-state index contributed by atoms with van der Waals surface area (Å²) in [7, 11) is -4.50. The predicted octanol–water partition coefficient (Wildman–Crippen LogP) is 3.06. The summed E-state index contributed by atoms with van der Waals surface area (Å²) in [6.07, 6.45) is 0. The first kappa shape index (κ1) is 23.3. The van der Waals surface area contributed by atoms with Gasteiger partial charge in [-0.3, -0.25) is 4.52 Å². The number of ether oxygens (including phenoxy) is 2. The Morgan fingerprint density at radius 1 is 1.08 bits per heavy atom. The van der Waals surface area contributed by atoms with Gasteiger partial charge in [0, 0.05) is 17.4 Å². The van der Waals surface area contributed by atoms with Gasteiger partial charge in [-0.1, -0.05) is 20.4 Å². The molecule has 0 amide bonds. The zero-order valence-electron chi connectivity index (χ0n) is 15.7. The quantitative estimate of drug-likeness (QED) is 0.348. The van der Waals surface area contributed by atoms with Crippen LogP contribution in [0.2, 0.25) is 0 Å². The van der Waals surface area contributed by atoms with E-state index in [-0.39, 0.29) is 18.4 Å². The molecular formula is C16H31O7P. The van der Waals surface area contributed by atoms with Crippen LogP contribution in [0.25, 0.3) is 0 Å². The van der Waals surface area contributed by atoms with E-state index < -0.39 is 25.0 Å². The van der Waals surface area contributed by atoms with E-state index in [1.807, 2.05) is 20.8 Å². The Kier molecular flexibility index (Phi) is 8.33. The maximum absolute atomic E-state index is 11.7. The van der Waals surface area contributed by atoms with Gasteiger partial charge in [-0.25, -0.2) is 9.36 Å². The van der Waals surface area contributed by atoms with E-state index in [1.165, 1.54) is 0 Å². The van der Waals surface area contributed by atoms with E-state index in [0.29, 0.717) is 12.2 Å². The molecule has 0 aromatic heterocycles. The summed E-state index contributed by atoms with van der Waals surface area (Å²) in [5.41, 5.74) is -1.07. The molecule has 0 spiro atoms. The molecule has 0 aliphatic heterocycles. The molecule has 24 heavy (non-hydrogen) atoms. The van der Waals surface area contributed by atoms with Gasteiger partial charge in [0.15, 0.2) is 0 Å². The molecule has 8 heteroatoms. The molecule has 0 saturated heterocycles. The van der Waals surface area contributed by atoms with Gasteiger partial charge in [0.05, 0.1) is 18.8 Å². The van der Waals surface area contributed by atoms with Crippen molar-refractivity contribution in [2.75, 3.05) is 13.2 Å². The highest BCUT2D eigenvalue weighted by molar-refractivity contribution is 7.46. The highest BCUT2D eigenvalue weighted by Crippen LogP contribution is 2.38. The van der Waals surface area contributed by atoms with Crippen molar-refractivity contribution in [2.24, 2.45) is 11.8 Å². The second-order valence-electron chi connectivity index (χ2n) is 7.28. The topological polar surface area (TPSA) is 102 Å². The first-order valence-electron chi connectivity index (χ1n) is 7.81. The highest BCUT2D eigenvalue weighted by atomic mass is 31.2. The third kappa shape index (κ3) is 8.40. The monoisotopic (exact) mass is 366 g/mol. The van der Waals surface area contributed by atoms with Gasteiger partial charge < -0.3 is 19.3 Å². The summed E-state index contributed by atoms with van der Waals surface area (Å²) < 4.78 is 26.7. The van der Waals surface area contributed by atoms with Gasteiger partial charge in [0.1, 0.15) is 5.60 Å². The van der Waals surface area contributed by atoms with Gasteiger partial charge in [-0.05, 0) is 34.6 Å². The number of phosphoric acid groups is 1. The summed E-state index contributed by atoms with van der Waals surface area (Å²) in [6, 6.07) is 0. The van der Waals surface area contributed by atoms with Crippen LogP contribution in [0.5, 0.6) is 0 Å². The summed E-state index contributed by atoms with van der Waals surface area (Å²) in [5, 5.41) is 0. The molecule has 0 heterocycles. The zero-order valence-corrected chi connectivity index (χ0v) is 16.6. The molecule has 0 rings (SSSR count). The fraction of sp³-hybridized carbons (Fsp3) is 0.812. The number of rotatable bonds is 10. The van der Waals surface area contributed by atoms with Crippen LogP contribution in [0.1, 0.15) is 48.5 Å². The van der Waals surface area contributed by atoms with Crippen LogP contribution in [0, 0.1) is 11.8 Å². The molecule has 0 saturated carbocycles. The molecular weight excluding hydrogens is 335 g/mol. The van der Waals surface area contributed by atoms with Crippen LogP contribution in [0.3, 0.4) is 0 Å². The van der Waals surface area contributed by atoms with Crippen LogP contribution in [0.4, 0.5) is 0 Å². The SMILES string of the molecule is C=C(C)C(=O)OC(C)(C)C(C)COC(C)(C)C(C)COP(=O)(O)O. The second-order valence-corrected chi connectivity index (χ2v) is 8.52. The van der Waals surface area contributed by atoms with Crippen molar-refractivity contribution in [3.63, 3.8) is 0 Å². The van der Waals surface area contributed by atoms with Gasteiger partial charge in [0.25, 0.3) is 0 Å². The van der Waals surface area contributed by atoms with E-state index in [1.54, 1.807) is 27.7 Å². The van der Waals surface area contributed by atoms with Gasteiger partial charge in [-0.2, -0.15) is 0 Å². The first-order valence-corrected chi connectivity index (χ1v) is 9.34. The second kappa shape index (κ2) is 8.59. The number of carbonyl (C=O) groups is 1. The van der Waals surface area contributed by atoms with Crippen molar-refractivity contribution in [1.82, 2.24) is 0 Å². The summed E-state index contributed by atoms with van der Waals surface area (Å²) >= 11 is 0. The fourth-order valence-corrected chi connectivity index (χ4v) is 1.94. The lowest BCUT2D eigenvalue weighted by Gasteiger charge is -2.37. The van der Waals surface area contributed by atoms with Crippen molar-refractivity contribution in [1.29, 1.82) is 0 Å². The molecule has 0 aliphatic rings. The van der Waals surface area contributed by atoms with Crippen molar-refractivity contribution in [3.05, 3.63) is 12.2 Å². The van der Waals surface area contributed by atoms with Crippen molar-refractivity contribution < 1.29 is 33.1 Å². The van der Waals surface area contributed by atoms with Crippen LogP contribution < -0.4 is 0 Å². The molecule has 0 radical (unpaired) electrons. The van der Waals surface area contributed by atoms with Crippen LogP contribution in [-0.4, -0.2) is 40.2 Å². The van der Waals surface area contributed by atoms with Gasteiger partial charge in [0.2, 0.25) is 0 Å².